The number of rotatable bonds is 4. The molecule has 1 N–H and O–H groups in total. The number of thiol groups is 1. The van der Waals surface area contributed by atoms with Crippen LogP contribution in [0.1, 0.15) is 40.9 Å². The van der Waals surface area contributed by atoms with Gasteiger partial charge in [-0.15, -0.1) is 12.6 Å². The van der Waals surface area contributed by atoms with Gasteiger partial charge in [-0.2, -0.15) is 0 Å². The van der Waals surface area contributed by atoms with Crippen molar-refractivity contribution < 1.29 is 4.79 Å². The fourth-order valence-corrected chi connectivity index (χ4v) is 2.40. The van der Waals surface area contributed by atoms with Crippen LogP contribution in [0.3, 0.4) is 0 Å². The van der Waals surface area contributed by atoms with Gasteiger partial charge in [-0.25, -0.2) is 0 Å². The Hall–Kier alpha value is -1.74. The average Bonchev–Trinajstić information content (AvgIpc) is 2.48. The highest BCUT2D eigenvalue weighted by molar-refractivity contribution is 7.80. The van der Waals surface area contributed by atoms with Gasteiger partial charge in [0, 0.05) is 10.5 Å². The Balaban J connectivity index is 2.20. The zero-order valence-corrected chi connectivity index (χ0v) is 12.7. The van der Waals surface area contributed by atoms with E-state index in [9.17, 15) is 4.79 Å². The van der Waals surface area contributed by atoms with Gasteiger partial charge < -0.3 is 5.32 Å². The molecule has 0 spiro atoms. The average molecular weight is 285 g/mol. The zero-order valence-electron chi connectivity index (χ0n) is 11.8. The predicted molar refractivity (Wildman–Crippen MR) is 85.4 cm³/mol. The summed E-state index contributed by atoms with van der Waals surface area (Å²) in [6.07, 6.45) is 0.857. The van der Waals surface area contributed by atoms with Crippen molar-refractivity contribution in [3.63, 3.8) is 0 Å². The molecule has 3 heteroatoms. The van der Waals surface area contributed by atoms with E-state index in [1.54, 1.807) is 0 Å². The fourth-order valence-electron chi connectivity index (χ4n) is 2.20. The van der Waals surface area contributed by atoms with E-state index in [-0.39, 0.29) is 11.9 Å². The molecule has 0 aromatic heterocycles. The van der Waals surface area contributed by atoms with Crippen LogP contribution in [0.4, 0.5) is 0 Å². The number of hydrogen-bond acceptors (Lipinski definition) is 2. The second-order valence-electron chi connectivity index (χ2n) is 4.84. The first kappa shape index (κ1) is 14.7. The molecule has 2 aromatic rings. The number of carbonyl (C=O) groups excluding carboxylic acids is 1. The summed E-state index contributed by atoms with van der Waals surface area (Å²) >= 11 is 4.30. The van der Waals surface area contributed by atoms with E-state index in [4.69, 9.17) is 0 Å². The van der Waals surface area contributed by atoms with Gasteiger partial charge in [0.25, 0.3) is 5.91 Å². The summed E-state index contributed by atoms with van der Waals surface area (Å²) in [7, 11) is 0. The van der Waals surface area contributed by atoms with Gasteiger partial charge in [0.05, 0.1) is 6.04 Å². The van der Waals surface area contributed by atoms with E-state index >= 15 is 0 Å². The minimum atomic E-state index is -0.0471. The van der Waals surface area contributed by atoms with Gasteiger partial charge in [0.2, 0.25) is 0 Å². The van der Waals surface area contributed by atoms with Gasteiger partial charge in [-0.1, -0.05) is 43.3 Å². The Morgan fingerprint density at radius 3 is 2.55 bits per heavy atom. The van der Waals surface area contributed by atoms with Gasteiger partial charge >= 0.3 is 0 Å². The SMILES string of the molecule is CCC(NC(=O)c1cc(S)ccc1C)c1ccccc1. The van der Waals surface area contributed by atoms with Crippen molar-refractivity contribution >= 4 is 18.5 Å². The van der Waals surface area contributed by atoms with Crippen LogP contribution in [0, 0.1) is 6.92 Å². The minimum absolute atomic E-state index is 0.0340. The molecule has 1 amide bonds. The molecule has 0 saturated heterocycles. The third kappa shape index (κ3) is 3.42. The van der Waals surface area contributed by atoms with Crippen LogP contribution in [-0.4, -0.2) is 5.91 Å². The molecule has 0 aliphatic rings. The molecule has 20 heavy (non-hydrogen) atoms. The number of carbonyl (C=O) groups is 1. The summed E-state index contributed by atoms with van der Waals surface area (Å²) in [4.78, 5) is 13.2. The maximum atomic E-state index is 12.4. The number of nitrogens with one attached hydrogen (secondary N) is 1. The smallest absolute Gasteiger partial charge is 0.252 e. The molecule has 0 fully saturated rings. The molecule has 2 rings (SSSR count). The summed E-state index contributed by atoms with van der Waals surface area (Å²) in [5.74, 6) is -0.0471. The number of aryl methyl sites for hydroxylation is 1. The topological polar surface area (TPSA) is 29.1 Å². The second-order valence-corrected chi connectivity index (χ2v) is 5.36. The Bertz CT molecular complexity index is 595. The molecule has 104 valence electrons. The molecule has 1 atom stereocenters. The fraction of sp³-hybridized carbons (Fsp3) is 0.235. The molecule has 2 nitrogen and oxygen atoms in total. The molecule has 1 unspecified atom stereocenters. The van der Waals surface area contributed by atoms with E-state index in [0.717, 1.165) is 22.4 Å². The minimum Gasteiger partial charge on any atom is -0.345 e. The number of benzene rings is 2. The standard InChI is InChI=1S/C17H19NOS/c1-3-16(13-7-5-4-6-8-13)18-17(19)15-11-14(20)10-9-12(15)2/h4-11,16,20H,3H2,1-2H3,(H,18,19). The first-order valence-corrected chi connectivity index (χ1v) is 7.22. The molecule has 0 saturated carbocycles. The lowest BCUT2D eigenvalue weighted by molar-refractivity contribution is 0.0934. The van der Waals surface area contributed by atoms with Crippen LogP contribution in [0.15, 0.2) is 53.4 Å². The predicted octanol–water partition coefficient (Wildman–Crippen LogP) is 4.16. The van der Waals surface area contributed by atoms with Crippen LogP contribution in [0.2, 0.25) is 0 Å². The van der Waals surface area contributed by atoms with Gasteiger partial charge in [0.1, 0.15) is 0 Å². The van der Waals surface area contributed by atoms with Crippen molar-refractivity contribution in [1.29, 1.82) is 0 Å². The molecule has 0 bridgehead atoms. The summed E-state index contributed by atoms with van der Waals surface area (Å²) in [6.45, 7) is 4.01. The van der Waals surface area contributed by atoms with Crippen molar-refractivity contribution in [2.24, 2.45) is 0 Å². The van der Waals surface area contributed by atoms with Crippen molar-refractivity contribution in [3.8, 4) is 0 Å². The van der Waals surface area contributed by atoms with Crippen LogP contribution < -0.4 is 5.32 Å². The largest absolute Gasteiger partial charge is 0.345 e. The third-order valence-corrected chi connectivity index (χ3v) is 3.66. The molecule has 2 aromatic carbocycles. The first-order valence-electron chi connectivity index (χ1n) is 6.77. The van der Waals surface area contributed by atoms with Gasteiger partial charge in [0.15, 0.2) is 0 Å². The highest BCUT2D eigenvalue weighted by Crippen LogP contribution is 2.19. The molecule has 0 radical (unpaired) electrons. The second kappa shape index (κ2) is 6.62. The normalized spacial score (nSPS) is 11.9. The maximum absolute atomic E-state index is 12.4. The van der Waals surface area contributed by atoms with Crippen molar-refractivity contribution in [3.05, 3.63) is 65.2 Å². The van der Waals surface area contributed by atoms with Crippen molar-refractivity contribution in [2.75, 3.05) is 0 Å². The van der Waals surface area contributed by atoms with E-state index in [0.29, 0.717) is 5.56 Å². The summed E-state index contributed by atoms with van der Waals surface area (Å²) in [5, 5.41) is 3.09. The Kier molecular flexibility index (Phi) is 4.85. The zero-order chi connectivity index (χ0) is 14.5. The van der Waals surface area contributed by atoms with E-state index in [2.05, 4.69) is 24.9 Å². The van der Waals surface area contributed by atoms with Gasteiger partial charge in [-0.05, 0) is 36.6 Å². The van der Waals surface area contributed by atoms with E-state index in [1.165, 1.54) is 0 Å². The monoisotopic (exact) mass is 285 g/mol. The van der Waals surface area contributed by atoms with Crippen LogP contribution in [-0.2, 0) is 0 Å². The lowest BCUT2D eigenvalue weighted by Crippen LogP contribution is -2.28. The number of amides is 1. The Labute approximate surface area is 125 Å². The van der Waals surface area contributed by atoms with Gasteiger partial charge in [-0.3, -0.25) is 4.79 Å². The van der Waals surface area contributed by atoms with Crippen LogP contribution in [0.25, 0.3) is 0 Å². The Morgan fingerprint density at radius 1 is 1.20 bits per heavy atom. The van der Waals surface area contributed by atoms with Crippen LogP contribution in [0.5, 0.6) is 0 Å². The molecular formula is C17H19NOS. The summed E-state index contributed by atoms with van der Waals surface area (Å²) < 4.78 is 0. The number of hydrogen-bond donors (Lipinski definition) is 2. The molecule has 0 heterocycles. The summed E-state index contributed by atoms with van der Waals surface area (Å²) in [5.41, 5.74) is 2.78. The summed E-state index contributed by atoms with van der Waals surface area (Å²) in [6, 6.07) is 15.7. The van der Waals surface area contributed by atoms with E-state index in [1.807, 2.05) is 55.5 Å². The molecule has 0 aliphatic carbocycles. The third-order valence-electron chi connectivity index (χ3n) is 3.38. The van der Waals surface area contributed by atoms with Crippen molar-refractivity contribution in [2.45, 2.75) is 31.2 Å². The lowest BCUT2D eigenvalue weighted by atomic mass is 10.0. The molecule has 0 aliphatic heterocycles. The van der Waals surface area contributed by atoms with Crippen molar-refractivity contribution in [1.82, 2.24) is 5.32 Å². The highest BCUT2D eigenvalue weighted by atomic mass is 32.1. The first-order chi connectivity index (χ1) is 9.61. The Morgan fingerprint density at radius 2 is 1.90 bits per heavy atom. The quantitative estimate of drug-likeness (QED) is 0.811. The van der Waals surface area contributed by atoms with Crippen LogP contribution >= 0.6 is 12.6 Å². The molecular weight excluding hydrogens is 266 g/mol. The van der Waals surface area contributed by atoms with E-state index < -0.39 is 0 Å². The highest BCUT2D eigenvalue weighted by Gasteiger charge is 2.15. The lowest BCUT2D eigenvalue weighted by Gasteiger charge is -2.18. The maximum Gasteiger partial charge on any atom is 0.252 e.